The Kier molecular flexibility index (Phi) is 12.1. The van der Waals surface area contributed by atoms with Gasteiger partial charge >= 0.3 is 51.4 Å². The number of nitrogens with one attached hydrogen (secondary N) is 1. The fraction of sp³-hybridized carbons (Fsp3) is 0.455. The normalized spacial score (nSPS) is 19.8. The number of aromatic nitrogens is 4. The minimum Gasteiger partial charge on any atom is -0.382 e. The second-order valence-electron chi connectivity index (χ2n) is 12.0. The third kappa shape index (κ3) is 7.76. The molecule has 3 heterocycles. The van der Waals surface area contributed by atoms with Crippen LogP contribution in [0.25, 0.3) is 16.9 Å². The molecule has 11 nitrogen and oxygen atoms in total. The summed E-state index contributed by atoms with van der Waals surface area (Å²) in [5.74, 6) is 0.940. The molecule has 2 aromatic heterocycles. The summed E-state index contributed by atoms with van der Waals surface area (Å²) in [5.41, 5.74) is 5.56. The topological polar surface area (TPSA) is 136 Å². The fourth-order valence-electron chi connectivity index (χ4n) is 6.28. The molecule has 0 spiro atoms. The van der Waals surface area contributed by atoms with Crippen LogP contribution in [0.4, 0.5) is 8.78 Å². The molecule has 0 saturated heterocycles. The van der Waals surface area contributed by atoms with Gasteiger partial charge < -0.3 is 14.9 Å². The van der Waals surface area contributed by atoms with Gasteiger partial charge in [0.2, 0.25) is 5.78 Å². The second kappa shape index (κ2) is 15.9. The number of benzene rings is 2. The maximum Gasteiger partial charge on any atom is 1.00 e. The number of aliphatic hydroxyl groups is 2. The number of hydroxylamine groups is 1. The molecule has 1 aliphatic carbocycles. The van der Waals surface area contributed by atoms with E-state index >= 15 is 0 Å². The summed E-state index contributed by atoms with van der Waals surface area (Å²) < 4.78 is 35.3. The van der Waals surface area contributed by atoms with Crippen LogP contribution in [0, 0.1) is 0 Å². The van der Waals surface area contributed by atoms with Gasteiger partial charge in [-0.25, -0.2) is 28.6 Å². The number of hydrogen-bond donors (Lipinski definition) is 3. The Morgan fingerprint density at radius 2 is 1.77 bits per heavy atom. The maximum atomic E-state index is 14.3. The predicted molar refractivity (Wildman–Crippen MR) is 167 cm³/mol. The number of amidine groups is 1. The van der Waals surface area contributed by atoms with Crippen molar-refractivity contribution in [3.8, 4) is 11.1 Å². The number of fused-ring (bicyclic) bond motifs is 1. The van der Waals surface area contributed by atoms with Gasteiger partial charge in [-0.05, 0) is 48.8 Å². The van der Waals surface area contributed by atoms with Crippen LogP contribution in [0.5, 0.6) is 0 Å². The van der Waals surface area contributed by atoms with Crippen molar-refractivity contribution in [2.24, 2.45) is 4.99 Å². The van der Waals surface area contributed by atoms with Gasteiger partial charge in [0.1, 0.15) is 25.3 Å². The average molecular weight is 676 g/mol. The zero-order valence-electron chi connectivity index (χ0n) is 26.6. The first-order valence-corrected chi connectivity index (χ1v) is 15.6. The van der Waals surface area contributed by atoms with Crippen LogP contribution in [0.15, 0.2) is 64.6 Å². The number of rotatable bonds is 12. The summed E-state index contributed by atoms with van der Waals surface area (Å²) in [4.78, 5) is 27.8. The molecule has 1 atom stereocenters. The van der Waals surface area contributed by atoms with Crippen LogP contribution >= 0.6 is 0 Å². The maximum absolute atomic E-state index is 14.3. The first-order valence-electron chi connectivity index (χ1n) is 15.6. The summed E-state index contributed by atoms with van der Waals surface area (Å²) >= 11 is 0. The van der Waals surface area contributed by atoms with Gasteiger partial charge in [-0.15, -0.1) is 0 Å². The number of halogens is 2. The number of ether oxygens (including phenoxy) is 1. The Morgan fingerprint density at radius 3 is 2.40 bits per heavy atom. The molecule has 6 rings (SSSR count). The molecule has 47 heavy (non-hydrogen) atoms. The van der Waals surface area contributed by atoms with Crippen molar-refractivity contribution in [1.82, 2.24) is 24.6 Å². The van der Waals surface area contributed by atoms with Crippen molar-refractivity contribution in [1.29, 1.82) is 0 Å². The minimum atomic E-state index is -2.12. The van der Waals surface area contributed by atoms with Gasteiger partial charge in [0.05, 0.1) is 18.4 Å². The smallest absolute Gasteiger partial charge is 0.382 e. The average Bonchev–Trinajstić information content (AvgIpc) is 3.75. The molecular weight excluding hydrogens is 637 g/mol. The number of aliphatic hydroxyl groups excluding tert-OH is 1. The summed E-state index contributed by atoms with van der Waals surface area (Å²) in [7, 11) is 0. The first-order chi connectivity index (χ1) is 22.3. The monoisotopic (exact) mass is 675 g/mol. The molecular formula is C33H38F2KN6O5+. The van der Waals surface area contributed by atoms with Gasteiger partial charge in [0.15, 0.2) is 5.84 Å². The van der Waals surface area contributed by atoms with E-state index in [2.05, 4.69) is 27.5 Å². The largest absolute Gasteiger partial charge is 1.00 e. The molecule has 1 fully saturated rings. The van der Waals surface area contributed by atoms with Crippen LogP contribution in [-0.4, -0.2) is 73.3 Å². The quantitative estimate of drug-likeness (QED) is 0.188. The van der Waals surface area contributed by atoms with Crippen molar-refractivity contribution < 1.29 is 80.0 Å². The van der Waals surface area contributed by atoms with Crippen molar-refractivity contribution >= 4 is 11.6 Å². The van der Waals surface area contributed by atoms with E-state index in [1.54, 1.807) is 9.08 Å². The molecule has 14 heteroatoms. The summed E-state index contributed by atoms with van der Waals surface area (Å²) in [6, 6.07) is 15.6. The first kappa shape index (κ1) is 35.9. The van der Waals surface area contributed by atoms with E-state index in [0.29, 0.717) is 55.7 Å². The molecule has 1 aliphatic heterocycles. The van der Waals surface area contributed by atoms with Crippen LogP contribution in [-0.2, 0) is 22.4 Å². The van der Waals surface area contributed by atoms with E-state index in [4.69, 9.17) is 9.57 Å². The molecule has 0 bridgehead atoms. The van der Waals surface area contributed by atoms with E-state index in [0.717, 1.165) is 34.4 Å². The third-order valence-corrected chi connectivity index (χ3v) is 8.74. The van der Waals surface area contributed by atoms with Gasteiger partial charge in [-0.1, -0.05) is 61.9 Å². The molecule has 1 saturated carbocycles. The Morgan fingerprint density at radius 1 is 1.06 bits per heavy atom. The summed E-state index contributed by atoms with van der Waals surface area (Å²) in [5, 5.41) is 24.1. The fourth-order valence-corrected chi connectivity index (χ4v) is 6.28. The Labute approximate surface area is 313 Å². The van der Waals surface area contributed by atoms with Crippen LogP contribution < -0.4 is 62.4 Å². The second-order valence-corrected chi connectivity index (χ2v) is 12.0. The molecule has 0 amide bonds. The van der Waals surface area contributed by atoms with Crippen LogP contribution in [0.2, 0.25) is 0 Å². The standard InChI is InChI=1S/C33H38F2N6O5.K/c1-2-5-28-27(16-21-8-10-22(11-9-21)25-6-3-4-7-26(25)29-38-32(43)46-39-29)30(42)40(31-36-20-37-41(28)31)23-12-14-24(15-13-23)45-19-33(44,17-34)18-35;/h3-4,6-11,20,23-24,32,43-44H,2,5,12-19H2,1H3,(H,38,39);/q;+1. The summed E-state index contributed by atoms with van der Waals surface area (Å²) in [6.45, 7) is -0.773. The predicted octanol–water partition coefficient (Wildman–Crippen LogP) is 0.833. The Bertz CT molecular complexity index is 1750. The molecule has 2 aliphatic rings. The molecule has 0 radical (unpaired) electrons. The molecule has 2 aromatic carbocycles. The Hall–Kier alpha value is -2.40. The molecule has 3 N–H and O–H groups in total. The number of alkyl halides is 2. The Balaban J connectivity index is 0.00000433. The third-order valence-electron chi connectivity index (χ3n) is 8.74. The zero-order valence-corrected chi connectivity index (χ0v) is 29.7. The molecule has 4 aromatic rings. The number of aliphatic imine (C=N–C) groups is 1. The molecule has 244 valence electrons. The number of nitrogens with zero attached hydrogens (tertiary/aromatic N) is 5. The van der Waals surface area contributed by atoms with Gasteiger partial charge in [-0.2, -0.15) is 10.1 Å². The van der Waals surface area contributed by atoms with Crippen molar-refractivity contribution in [3.63, 3.8) is 0 Å². The van der Waals surface area contributed by atoms with E-state index in [1.807, 2.05) is 48.5 Å². The van der Waals surface area contributed by atoms with E-state index in [1.165, 1.54) is 6.33 Å². The zero-order chi connectivity index (χ0) is 32.3. The van der Waals surface area contributed by atoms with E-state index in [-0.39, 0.29) is 69.1 Å². The van der Waals surface area contributed by atoms with Crippen LogP contribution in [0.3, 0.4) is 0 Å². The summed E-state index contributed by atoms with van der Waals surface area (Å²) in [6.07, 6.45) is 4.22. The van der Waals surface area contributed by atoms with Crippen molar-refractivity contribution in [2.75, 3.05) is 20.0 Å². The number of aryl methyl sites for hydroxylation is 1. The van der Waals surface area contributed by atoms with Gasteiger partial charge in [0, 0.05) is 23.6 Å². The molecule has 1 unspecified atom stereocenters. The van der Waals surface area contributed by atoms with Gasteiger partial charge in [-0.3, -0.25) is 9.36 Å². The van der Waals surface area contributed by atoms with Crippen molar-refractivity contribution in [2.45, 2.75) is 76.0 Å². The van der Waals surface area contributed by atoms with Crippen LogP contribution in [0.1, 0.15) is 67.5 Å². The SMILES string of the molecule is CCCc1c(Cc2ccc(-c3ccccc3C3=NC(O)ON3)cc2)c(=O)n(C2CCC(OCC(O)(CF)CF)CC2)c2ncnn12.[K+]. The number of hydrogen-bond acceptors (Lipinski definition) is 9. The van der Waals surface area contributed by atoms with Crippen molar-refractivity contribution in [3.05, 3.63) is 87.6 Å². The van der Waals surface area contributed by atoms with E-state index in [9.17, 15) is 23.8 Å². The van der Waals surface area contributed by atoms with E-state index < -0.39 is 32.0 Å². The van der Waals surface area contributed by atoms with Gasteiger partial charge in [0.25, 0.3) is 12.0 Å². The minimum absolute atomic E-state index is 0.